The second kappa shape index (κ2) is 11.7. The van der Waals surface area contributed by atoms with Crippen LogP contribution in [-0.4, -0.2) is 52.5 Å². The fraction of sp³-hybridized carbons (Fsp3) is 0.400. The van der Waals surface area contributed by atoms with Gasteiger partial charge in [-0.3, -0.25) is 0 Å². The maximum Gasteiger partial charge on any atom is 0.410 e. The van der Waals surface area contributed by atoms with Crippen LogP contribution in [0.5, 0.6) is 17.2 Å². The Morgan fingerprint density at radius 3 is 2.59 bits per heavy atom. The van der Waals surface area contributed by atoms with E-state index in [9.17, 15) is 4.79 Å². The van der Waals surface area contributed by atoms with E-state index >= 15 is 0 Å². The molecule has 5 rings (SSSR count). The van der Waals surface area contributed by atoms with Crippen LogP contribution in [0.15, 0.2) is 36.7 Å². The molecule has 3 aromatic rings. The average Bonchev–Trinajstić information content (AvgIpc) is 3.30. The maximum atomic E-state index is 12.4. The van der Waals surface area contributed by atoms with Gasteiger partial charge in [-0.05, 0) is 45.0 Å². The van der Waals surface area contributed by atoms with Gasteiger partial charge in [-0.15, -0.1) is 24.8 Å². The summed E-state index contributed by atoms with van der Waals surface area (Å²) in [6.45, 7) is 6.86. The van der Waals surface area contributed by atoms with E-state index < -0.39 is 5.60 Å². The number of likely N-dealkylation sites (tertiary alicyclic amines) is 1. The van der Waals surface area contributed by atoms with Crippen molar-refractivity contribution in [2.45, 2.75) is 45.3 Å². The van der Waals surface area contributed by atoms with Crippen molar-refractivity contribution >= 4 is 64.9 Å². The van der Waals surface area contributed by atoms with Crippen LogP contribution in [0.1, 0.15) is 33.6 Å². The molecule has 0 bridgehead atoms. The molecule has 2 aliphatic heterocycles. The molecule has 37 heavy (non-hydrogen) atoms. The molecule has 0 unspecified atom stereocenters. The number of nitrogens with one attached hydrogen (secondary N) is 1. The van der Waals surface area contributed by atoms with Crippen LogP contribution >= 0.6 is 36.4 Å². The third-order valence-corrected chi connectivity index (χ3v) is 6.06. The number of aromatic nitrogens is 2. The third-order valence-electron chi connectivity index (χ3n) is 5.74. The van der Waals surface area contributed by atoms with Gasteiger partial charge in [0.15, 0.2) is 11.5 Å². The number of halogens is 3. The van der Waals surface area contributed by atoms with E-state index in [0.29, 0.717) is 59.7 Å². The summed E-state index contributed by atoms with van der Waals surface area (Å²) in [7, 11) is 0. The fourth-order valence-corrected chi connectivity index (χ4v) is 4.31. The molecule has 3 heterocycles. The summed E-state index contributed by atoms with van der Waals surface area (Å²) in [5.74, 6) is 2.35. The topological polar surface area (TPSA) is 95.0 Å². The molecule has 2 aliphatic rings. The van der Waals surface area contributed by atoms with Crippen LogP contribution < -0.4 is 19.5 Å². The molecule has 0 radical (unpaired) electrons. The van der Waals surface area contributed by atoms with E-state index in [-0.39, 0.29) is 43.8 Å². The van der Waals surface area contributed by atoms with Crippen molar-refractivity contribution in [1.29, 1.82) is 0 Å². The minimum Gasteiger partial charge on any atom is -0.489 e. The second-order valence-electron chi connectivity index (χ2n) is 9.44. The van der Waals surface area contributed by atoms with Crippen molar-refractivity contribution in [2.75, 3.05) is 25.2 Å². The van der Waals surface area contributed by atoms with E-state index in [2.05, 4.69) is 15.3 Å². The number of amides is 1. The van der Waals surface area contributed by atoms with Crippen LogP contribution in [0.4, 0.5) is 16.3 Å². The fourth-order valence-electron chi connectivity index (χ4n) is 4.12. The Kier molecular flexibility index (Phi) is 9.05. The second-order valence-corrected chi connectivity index (χ2v) is 9.85. The van der Waals surface area contributed by atoms with Crippen molar-refractivity contribution in [3.8, 4) is 17.2 Å². The van der Waals surface area contributed by atoms with Gasteiger partial charge < -0.3 is 29.2 Å². The highest BCUT2D eigenvalue weighted by atomic mass is 35.5. The third kappa shape index (κ3) is 6.34. The molecule has 0 atom stereocenters. The van der Waals surface area contributed by atoms with E-state index in [0.717, 1.165) is 10.9 Å². The smallest absolute Gasteiger partial charge is 0.410 e. The Labute approximate surface area is 232 Å². The SMILES string of the molecule is CC(C)(C)OC(=O)N1CCC(Oc2cccc3ncnc(Nc4c(Cl)ccc5c4OCO5)c23)CC1.Cl.Cl. The lowest BCUT2D eigenvalue weighted by Crippen LogP contribution is -2.44. The molecular formula is C25H29Cl3N4O5. The first kappa shape index (κ1) is 28.7. The zero-order chi connectivity index (χ0) is 24.6. The van der Waals surface area contributed by atoms with Crippen molar-refractivity contribution in [3.63, 3.8) is 0 Å². The number of carbonyl (C=O) groups excluding carboxylic acids is 1. The van der Waals surface area contributed by atoms with E-state index in [1.54, 1.807) is 17.0 Å². The van der Waals surface area contributed by atoms with Crippen molar-refractivity contribution in [1.82, 2.24) is 14.9 Å². The first-order valence-corrected chi connectivity index (χ1v) is 11.9. The van der Waals surface area contributed by atoms with Crippen molar-refractivity contribution in [2.24, 2.45) is 0 Å². The molecule has 1 N–H and O–H groups in total. The van der Waals surface area contributed by atoms with E-state index in [4.69, 9.17) is 30.5 Å². The number of anilines is 2. The summed E-state index contributed by atoms with van der Waals surface area (Å²) in [5, 5.41) is 4.51. The van der Waals surface area contributed by atoms with Gasteiger partial charge in [0.25, 0.3) is 0 Å². The number of benzene rings is 2. The van der Waals surface area contributed by atoms with Gasteiger partial charge in [-0.2, -0.15) is 0 Å². The first-order chi connectivity index (χ1) is 16.8. The molecular weight excluding hydrogens is 543 g/mol. The summed E-state index contributed by atoms with van der Waals surface area (Å²) in [4.78, 5) is 23.0. The number of rotatable bonds is 4. The summed E-state index contributed by atoms with van der Waals surface area (Å²) < 4.78 is 23.0. The summed E-state index contributed by atoms with van der Waals surface area (Å²) >= 11 is 6.47. The molecule has 9 nitrogen and oxygen atoms in total. The summed E-state index contributed by atoms with van der Waals surface area (Å²) in [6, 6.07) is 9.21. The first-order valence-electron chi connectivity index (χ1n) is 11.5. The van der Waals surface area contributed by atoms with Crippen LogP contribution in [0.2, 0.25) is 5.02 Å². The Balaban J connectivity index is 0.00000190. The summed E-state index contributed by atoms with van der Waals surface area (Å²) in [5.41, 5.74) is 0.782. The number of ether oxygens (including phenoxy) is 4. The number of fused-ring (bicyclic) bond motifs is 2. The molecule has 2 aromatic carbocycles. The predicted octanol–water partition coefficient (Wildman–Crippen LogP) is 6.38. The number of carbonyl (C=O) groups is 1. The van der Waals surface area contributed by atoms with Crippen molar-refractivity contribution in [3.05, 3.63) is 41.7 Å². The Bertz CT molecular complexity index is 1260. The Morgan fingerprint density at radius 2 is 1.86 bits per heavy atom. The molecule has 1 saturated heterocycles. The maximum absolute atomic E-state index is 12.4. The van der Waals surface area contributed by atoms with Crippen LogP contribution in [0.25, 0.3) is 10.9 Å². The van der Waals surface area contributed by atoms with Crippen LogP contribution in [-0.2, 0) is 4.74 Å². The lowest BCUT2D eigenvalue weighted by Gasteiger charge is -2.33. The number of hydrogen-bond donors (Lipinski definition) is 1. The van der Waals surface area contributed by atoms with Gasteiger partial charge in [0, 0.05) is 25.9 Å². The van der Waals surface area contributed by atoms with Gasteiger partial charge in [0.05, 0.1) is 15.9 Å². The zero-order valence-corrected chi connectivity index (χ0v) is 23.0. The van der Waals surface area contributed by atoms with Crippen LogP contribution in [0, 0.1) is 0 Å². The van der Waals surface area contributed by atoms with E-state index in [1.165, 1.54) is 6.33 Å². The molecule has 0 saturated carbocycles. The van der Waals surface area contributed by atoms with E-state index in [1.807, 2.05) is 39.0 Å². The molecule has 12 heteroatoms. The molecule has 0 aliphatic carbocycles. The average molecular weight is 572 g/mol. The standard InChI is InChI=1S/C25H27ClN4O5.2ClH/c1-25(2,3)35-24(31)30-11-9-15(10-12-30)34-18-6-4-5-17-20(18)23(28-13-27-17)29-21-16(26)7-8-19-22(21)33-14-32-19;;/h4-8,13,15H,9-12,14H2,1-3H3,(H,27,28,29);2*1H. The molecule has 1 aromatic heterocycles. The molecule has 0 spiro atoms. The number of piperidine rings is 1. The van der Waals surface area contributed by atoms with Gasteiger partial charge in [-0.1, -0.05) is 17.7 Å². The van der Waals surface area contributed by atoms with Gasteiger partial charge in [0.1, 0.15) is 35.3 Å². The number of nitrogens with zero attached hydrogens (tertiary/aromatic N) is 3. The highest BCUT2D eigenvalue weighted by molar-refractivity contribution is 6.34. The van der Waals surface area contributed by atoms with Crippen LogP contribution in [0.3, 0.4) is 0 Å². The lowest BCUT2D eigenvalue weighted by molar-refractivity contribution is 0.0128. The highest BCUT2D eigenvalue weighted by Crippen LogP contribution is 2.45. The minimum absolute atomic E-state index is 0. The minimum atomic E-state index is -0.518. The largest absolute Gasteiger partial charge is 0.489 e. The molecule has 200 valence electrons. The predicted molar refractivity (Wildman–Crippen MR) is 146 cm³/mol. The Morgan fingerprint density at radius 1 is 1.11 bits per heavy atom. The Hall–Kier alpha value is -2.88. The molecule has 1 fully saturated rings. The summed E-state index contributed by atoms with van der Waals surface area (Å²) in [6.07, 6.45) is 2.51. The van der Waals surface area contributed by atoms with Crippen molar-refractivity contribution < 1.29 is 23.7 Å². The van der Waals surface area contributed by atoms with Gasteiger partial charge in [-0.25, -0.2) is 14.8 Å². The lowest BCUT2D eigenvalue weighted by atomic mass is 10.1. The quantitative estimate of drug-likeness (QED) is 0.386. The van der Waals surface area contributed by atoms with Gasteiger partial charge >= 0.3 is 6.09 Å². The molecule has 1 amide bonds. The van der Waals surface area contributed by atoms with Gasteiger partial charge in [0.2, 0.25) is 6.79 Å². The highest BCUT2D eigenvalue weighted by Gasteiger charge is 2.28. The zero-order valence-electron chi connectivity index (χ0n) is 20.7. The monoisotopic (exact) mass is 570 g/mol. The number of hydrogen-bond acceptors (Lipinski definition) is 8. The normalized spacial score (nSPS) is 15.0.